The van der Waals surface area contributed by atoms with Crippen molar-refractivity contribution in [2.24, 2.45) is 0 Å². The van der Waals surface area contributed by atoms with E-state index in [9.17, 15) is 0 Å². The van der Waals surface area contributed by atoms with Crippen LogP contribution in [0.5, 0.6) is 0 Å². The zero-order valence-electron chi connectivity index (χ0n) is 7.37. The van der Waals surface area contributed by atoms with Gasteiger partial charge >= 0.3 is 0 Å². The van der Waals surface area contributed by atoms with Crippen molar-refractivity contribution in [3.63, 3.8) is 0 Å². The molecule has 0 aromatic rings. The molecule has 0 radical (unpaired) electrons. The molecule has 1 rings (SSSR count). The van der Waals surface area contributed by atoms with Crippen LogP contribution in [-0.4, -0.2) is 32.7 Å². The van der Waals surface area contributed by atoms with Gasteiger partial charge in [-0.15, -0.1) is 0 Å². The molecule has 1 aliphatic heterocycles. The summed E-state index contributed by atoms with van der Waals surface area (Å²) in [6.45, 7) is 2.05. The molecule has 3 heteroatoms. The van der Waals surface area contributed by atoms with Gasteiger partial charge in [-0.05, 0) is 19.8 Å². The maximum absolute atomic E-state index is 5.49. The molecule has 1 saturated heterocycles. The normalized spacial score (nSPS) is 39.0. The van der Waals surface area contributed by atoms with E-state index in [4.69, 9.17) is 14.2 Å². The highest BCUT2D eigenvalue weighted by molar-refractivity contribution is 4.71. The Kier molecular flexibility index (Phi) is 3.30. The fourth-order valence-electron chi connectivity index (χ4n) is 1.36. The van der Waals surface area contributed by atoms with E-state index < -0.39 is 0 Å². The highest BCUT2D eigenvalue weighted by atomic mass is 16.7. The summed E-state index contributed by atoms with van der Waals surface area (Å²) in [5, 5.41) is 0. The summed E-state index contributed by atoms with van der Waals surface area (Å²) in [5.41, 5.74) is 0. The second kappa shape index (κ2) is 4.04. The summed E-state index contributed by atoms with van der Waals surface area (Å²) in [6.07, 6.45) is 2.31. The minimum atomic E-state index is -0.177. The third kappa shape index (κ3) is 2.15. The van der Waals surface area contributed by atoms with Gasteiger partial charge in [-0.2, -0.15) is 0 Å². The first-order valence-corrected chi connectivity index (χ1v) is 3.99. The zero-order valence-corrected chi connectivity index (χ0v) is 7.37. The molecule has 3 atom stereocenters. The summed E-state index contributed by atoms with van der Waals surface area (Å²) in [5.74, 6) is 0. The van der Waals surface area contributed by atoms with Crippen LogP contribution in [0.1, 0.15) is 19.8 Å². The molecule has 0 aromatic carbocycles. The maximum Gasteiger partial charge on any atom is 0.183 e. The minimum Gasteiger partial charge on any atom is -0.376 e. The summed E-state index contributed by atoms with van der Waals surface area (Å²) < 4.78 is 15.8. The maximum atomic E-state index is 5.49. The molecular weight excluding hydrogens is 144 g/mol. The van der Waals surface area contributed by atoms with Crippen LogP contribution in [0, 0.1) is 0 Å². The first-order valence-electron chi connectivity index (χ1n) is 3.99. The molecule has 1 heterocycles. The first kappa shape index (κ1) is 8.97. The number of rotatable bonds is 2. The quantitative estimate of drug-likeness (QED) is 0.607. The molecule has 1 fully saturated rings. The number of hydrogen-bond donors (Lipinski definition) is 0. The van der Waals surface area contributed by atoms with Crippen molar-refractivity contribution in [1.29, 1.82) is 0 Å². The van der Waals surface area contributed by atoms with E-state index in [-0.39, 0.29) is 12.4 Å². The van der Waals surface area contributed by atoms with Crippen molar-refractivity contribution in [2.45, 2.75) is 38.3 Å². The van der Waals surface area contributed by atoms with E-state index in [1.165, 1.54) is 0 Å². The monoisotopic (exact) mass is 160 g/mol. The standard InChI is InChI=1S/C8H16O3/c1-6-4-5-7(9-2)8(10-3)11-6/h6-8H,4-5H2,1-3H3/t6?,7-,8-/m1/s1. The molecular formula is C8H16O3. The van der Waals surface area contributed by atoms with Crippen LogP contribution in [-0.2, 0) is 14.2 Å². The van der Waals surface area contributed by atoms with Crippen LogP contribution in [0.4, 0.5) is 0 Å². The molecule has 0 amide bonds. The van der Waals surface area contributed by atoms with Gasteiger partial charge in [0.1, 0.15) is 6.10 Å². The Morgan fingerprint density at radius 1 is 1.18 bits per heavy atom. The smallest absolute Gasteiger partial charge is 0.183 e. The molecule has 0 bridgehead atoms. The minimum absolute atomic E-state index is 0.108. The summed E-state index contributed by atoms with van der Waals surface area (Å²) in [4.78, 5) is 0. The van der Waals surface area contributed by atoms with Crippen molar-refractivity contribution in [1.82, 2.24) is 0 Å². The first-order chi connectivity index (χ1) is 5.27. The van der Waals surface area contributed by atoms with Crippen LogP contribution in [0.15, 0.2) is 0 Å². The lowest BCUT2D eigenvalue weighted by atomic mass is 10.1. The van der Waals surface area contributed by atoms with Gasteiger partial charge in [-0.25, -0.2) is 0 Å². The fourth-order valence-corrected chi connectivity index (χ4v) is 1.36. The van der Waals surface area contributed by atoms with E-state index >= 15 is 0 Å². The molecule has 0 saturated carbocycles. The Morgan fingerprint density at radius 2 is 1.91 bits per heavy atom. The van der Waals surface area contributed by atoms with Gasteiger partial charge < -0.3 is 14.2 Å². The number of ether oxygens (including phenoxy) is 3. The molecule has 0 N–H and O–H groups in total. The predicted molar refractivity (Wildman–Crippen MR) is 41.4 cm³/mol. The van der Waals surface area contributed by atoms with Gasteiger partial charge in [0.25, 0.3) is 0 Å². The van der Waals surface area contributed by atoms with Gasteiger partial charge in [-0.3, -0.25) is 0 Å². The highest BCUT2D eigenvalue weighted by Gasteiger charge is 2.28. The van der Waals surface area contributed by atoms with Crippen LogP contribution >= 0.6 is 0 Å². The van der Waals surface area contributed by atoms with Gasteiger partial charge in [0, 0.05) is 14.2 Å². The van der Waals surface area contributed by atoms with Crippen LogP contribution in [0.2, 0.25) is 0 Å². The molecule has 0 spiro atoms. The van der Waals surface area contributed by atoms with Gasteiger partial charge in [-0.1, -0.05) is 0 Å². The van der Waals surface area contributed by atoms with E-state index in [0.717, 1.165) is 12.8 Å². The van der Waals surface area contributed by atoms with Crippen molar-refractivity contribution in [2.75, 3.05) is 14.2 Å². The molecule has 3 nitrogen and oxygen atoms in total. The summed E-state index contributed by atoms with van der Waals surface area (Å²) in [7, 11) is 3.34. The Balaban J connectivity index is 2.41. The second-order valence-corrected chi connectivity index (χ2v) is 2.90. The lowest BCUT2D eigenvalue weighted by molar-refractivity contribution is -0.231. The largest absolute Gasteiger partial charge is 0.376 e. The van der Waals surface area contributed by atoms with Gasteiger partial charge in [0.05, 0.1) is 6.10 Å². The Labute approximate surface area is 67.6 Å². The topological polar surface area (TPSA) is 27.7 Å². The van der Waals surface area contributed by atoms with Crippen LogP contribution in [0.3, 0.4) is 0 Å². The fraction of sp³-hybridized carbons (Fsp3) is 1.00. The average Bonchev–Trinajstić information content (AvgIpc) is 2.04. The van der Waals surface area contributed by atoms with Crippen molar-refractivity contribution in [3.8, 4) is 0 Å². The Bertz CT molecular complexity index is 116. The molecule has 0 aromatic heterocycles. The zero-order chi connectivity index (χ0) is 8.27. The van der Waals surface area contributed by atoms with E-state index in [1.54, 1.807) is 14.2 Å². The van der Waals surface area contributed by atoms with E-state index in [1.807, 2.05) is 0 Å². The van der Waals surface area contributed by atoms with Crippen LogP contribution < -0.4 is 0 Å². The SMILES string of the molecule is CO[C@@H]1OC(C)CC[C@H]1OC. The molecule has 1 aliphatic rings. The Morgan fingerprint density at radius 3 is 2.45 bits per heavy atom. The Hall–Kier alpha value is -0.120. The van der Waals surface area contributed by atoms with E-state index in [0.29, 0.717) is 6.10 Å². The van der Waals surface area contributed by atoms with Crippen molar-refractivity contribution < 1.29 is 14.2 Å². The molecule has 66 valence electrons. The highest BCUT2D eigenvalue weighted by Crippen LogP contribution is 2.21. The van der Waals surface area contributed by atoms with Crippen molar-refractivity contribution >= 4 is 0 Å². The van der Waals surface area contributed by atoms with E-state index in [2.05, 4.69) is 6.92 Å². The third-order valence-corrected chi connectivity index (χ3v) is 2.06. The molecule has 11 heavy (non-hydrogen) atoms. The number of hydrogen-bond acceptors (Lipinski definition) is 3. The number of methoxy groups -OCH3 is 2. The van der Waals surface area contributed by atoms with Crippen LogP contribution in [0.25, 0.3) is 0 Å². The predicted octanol–water partition coefficient (Wildman–Crippen LogP) is 1.17. The van der Waals surface area contributed by atoms with Crippen molar-refractivity contribution in [3.05, 3.63) is 0 Å². The second-order valence-electron chi connectivity index (χ2n) is 2.90. The lowest BCUT2D eigenvalue weighted by Crippen LogP contribution is -2.40. The molecule has 1 unspecified atom stereocenters. The average molecular weight is 160 g/mol. The van der Waals surface area contributed by atoms with Gasteiger partial charge in [0.15, 0.2) is 6.29 Å². The lowest BCUT2D eigenvalue weighted by Gasteiger charge is -2.32. The third-order valence-electron chi connectivity index (χ3n) is 2.06. The summed E-state index contributed by atoms with van der Waals surface area (Å²) in [6, 6.07) is 0. The summed E-state index contributed by atoms with van der Waals surface area (Å²) >= 11 is 0. The molecule has 0 aliphatic carbocycles. The van der Waals surface area contributed by atoms with Gasteiger partial charge in [0.2, 0.25) is 0 Å².